The molecule has 1 aliphatic heterocycles. The van der Waals surface area contributed by atoms with E-state index < -0.39 is 0 Å². The van der Waals surface area contributed by atoms with Crippen LogP contribution in [-0.4, -0.2) is 19.1 Å². The molecule has 5 nitrogen and oxygen atoms in total. The van der Waals surface area contributed by atoms with Crippen LogP contribution in [0.4, 0.5) is 17.1 Å². The summed E-state index contributed by atoms with van der Waals surface area (Å²) >= 11 is 0. The molecule has 1 amide bonds. The Morgan fingerprint density at radius 3 is 3.00 bits per heavy atom. The molecule has 18 heavy (non-hydrogen) atoms. The molecule has 0 atom stereocenters. The van der Waals surface area contributed by atoms with Crippen molar-refractivity contribution >= 4 is 23.0 Å². The van der Waals surface area contributed by atoms with Gasteiger partial charge in [-0.3, -0.25) is 4.79 Å². The van der Waals surface area contributed by atoms with E-state index >= 15 is 0 Å². The van der Waals surface area contributed by atoms with E-state index in [0.717, 1.165) is 18.2 Å². The van der Waals surface area contributed by atoms with Gasteiger partial charge in [0.05, 0.1) is 17.1 Å². The van der Waals surface area contributed by atoms with Crippen LogP contribution < -0.4 is 21.1 Å². The second-order valence-corrected chi connectivity index (χ2v) is 4.95. The second kappa shape index (κ2) is 4.40. The van der Waals surface area contributed by atoms with Crippen LogP contribution >= 0.6 is 0 Å². The van der Waals surface area contributed by atoms with Gasteiger partial charge >= 0.3 is 0 Å². The molecule has 0 unspecified atom stereocenters. The number of hydrogen-bond donors (Lipinski definition) is 3. The lowest BCUT2D eigenvalue weighted by Gasteiger charge is -2.27. The molecule has 96 valence electrons. The van der Waals surface area contributed by atoms with Crippen molar-refractivity contribution in [1.29, 1.82) is 0 Å². The zero-order chi connectivity index (χ0) is 12.5. The number of nitrogens with two attached hydrogens (primary N) is 1. The lowest BCUT2D eigenvalue weighted by Crippen LogP contribution is -2.26. The molecule has 0 saturated heterocycles. The number of carbonyl (C=O) groups is 1. The van der Waals surface area contributed by atoms with Gasteiger partial charge in [0.2, 0.25) is 0 Å². The quantitative estimate of drug-likeness (QED) is 0.712. The third-order valence-corrected chi connectivity index (χ3v) is 3.59. The maximum Gasteiger partial charge on any atom is 0.262 e. The molecule has 2 aliphatic rings. The van der Waals surface area contributed by atoms with Crippen LogP contribution in [0.15, 0.2) is 12.1 Å². The average Bonchev–Trinajstić information content (AvgIpc) is 2.28. The monoisotopic (exact) mass is 247 g/mol. The summed E-state index contributed by atoms with van der Waals surface area (Å²) in [6.07, 6.45) is 3.91. The number of fused-ring (bicyclic) bond motifs is 1. The third-order valence-electron chi connectivity index (χ3n) is 3.59. The van der Waals surface area contributed by atoms with Crippen LogP contribution in [0.3, 0.4) is 0 Å². The molecule has 1 aromatic rings. The van der Waals surface area contributed by atoms with Crippen LogP contribution in [0.5, 0.6) is 5.75 Å². The van der Waals surface area contributed by atoms with Crippen molar-refractivity contribution in [2.75, 3.05) is 29.5 Å². The summed E-state index contributed by atoms with van der Waals surface area (Å²) in [4.78, 5) is 11.3. The Morgan fingerprint density at radius 2 is 2.28 bits per heavy atom. The van der Waals surface area contributed by atoms with Crippen LogP contribution in [0.25, 0.3) is 0 Å². The smallest absolute Gasteiger partial charge is 0.262 e. The maximum absolute atomic E-state index is 11.3. The van der Waals surface area contributed by atoms with E-state index in [0.29, 0.717) is 17.1 Å². The summed E-state index contributed by atoms with van der Waals surface area (Å²) in [6.45, 7) is 0.999. The van der Waals surface area contributed by atoms with E-state index in [4.69, 9.17) is 10.5 Å². The number of rotatable bonds is 3. The first kappa shape index (κ1) is 11.2. The summed E-state index contributed by atoms with van der Waals surface area (Å²) < 4.78 is 5.31. The number of amides is 1. The van der Waals surface area contributed by atoms with Crippen molar-refractivity contribution in [2.24, 2.45) is 5.92 Å². The van der Waals surface area contributed by atoms with Crippen LogP contribution in [0, 0.1) is 5.92 Å². The largest absolute Gasteiger partial charge is 0.482 e. The molecule has 1 fully saturated rings. The van der Waals surface area contributed by atoms with Crippen LogP contribution in [0.2, 0.25) is 0 Å². The second-order valence-electron chi connectivity index (χ2n) is 4.95. The Morgan fingerprint density at radius 1 is 1.44 bits per heavy atom. The van der Waals surface area contributed by atoms with Gasteiger partial charge in [0, 0.05) is 12.6 Å². The Hall–Kier alpha value is -1.91. The molecular formula is C13H17N3O2. The summed E-state index contributed by atoms with van der Waals surface area (Å²) in [6, 6.07) is 3.61. The minimum Gasteiger partial charge on any atom is -0.482 e. The molecule has 1 aliphatic carbocycles. The molecule has 0 bridgehead atoms. The highest BCUT2D eigenvalue weighted by Crippen LogP contribution is 2.36. The van der Waals surface area contributed by atoms with E-state index in [9.17, 15) is 4.79 Å². The maximum atomic E-state index is 11.3. The van der Waals surface area contributed by atoms with E-state index in [1.807, 2.05) is 6.07 Å². The first-order chi connectivity index (χ1) is 8.72. The minimum absolute atomic E-state index is 0.0568. The van der Waals surface area contributed by atoms with Gasteiger partial charge < -0.3 is 21.1 Å². The van der Waals surface area contributed by atoms with Gasteiger partial charge in [0.1, 0.15) is 5.75 Å². The van der Waals surface area contributed by atoms with Crippen molar-refractivity contribution < 1.29 is 9.53 Å². The third kappa shape index (κ3) is 2.08. The Bertz CT molecular complexity index is 483. The van der Waals surface area contributed by atoms with Gasteiger partial charge in [-0.2, -0.15) is 0 Å². The molecule has 3 rings (SSSR count). The number of anilines is 3. The fraction of sp³-hybridized carbons (Fsp3) is 0.462. The first-order valence-electron chi connectivity index (χ1n) is 6.32. The van der Waals surface area contributed by atoms with Gasteiger partial charge in [0.25, 0.3) is 5.91 Å². The highest BCUT2D eigenvalue weighted by atomic mass is 16.5. The number of hydrogen-bond acceptors (Lipinski definition) is 4. The summed E-state index contributed by atoms with van der Waals surface area (Å²) in [5, 5.41) is 6.13. The van der Waals surface area contributed by atoms with Crippen molar-refractivity contribution in [3.05, 3.63) is 12.1 Å². The van der Waals surface area contributed by atoms with Gasteiger partial charge in [-0.1, -0.05) is 6.42 Å². The first-order valence-corrected chi connectivity index (χ1v) is 6.32. The lowest BCUT2D eigenvalue weighted by atomic mass is 9.85. The average molecular weight is 247 g/mol. The zero-order valence-electron chi connectivity index (χ0n) is 10.2. The predicted octanol–water partition coefficient (Wildman–Crippen LogP) is 1.81. The minimum atomic E-state index is -0.128. The van der Waals surface area contributed by atoms with Crippen molar-refractivity contribution in [3.8, 4) is 5.75 Å². The highest BCUT2D eigenvalue weighted by molar-refractivity contribution is 5.97. The van der Waals surface area contributed by atoms with Gasteiger partial charge in [-0.05, 0) is 24.8 Å². The van der Waals surface area contributed by atoms with Crippen LogP contribution in [-0.2, 0) is 4.79 Å². The Kier molecular flexibility index (Phi) is 2.74. The molecule has 0 spiro atoms. The van der Waals surface area contributed by atoms with E-state index in [1.54, 1.807) is 6.07 Å². The lowest BCUT2D eigenvalue weighted by molar-refractivity contribution is -0.118. The molecule has 1 saturated carbocycles. The number of benzene rings is 1. The van der Waals surface area contributed by atoms with Crippen LogP contribution in [0.1, 0.15) is 19.3 Å². The van der Waals surface area contributed by atoms with Crippen molar-refractivity contribution in [2.45, 2.75) is 19.3 Å². The Balaban J connectivity index is 1.76. The molecule has 0 aromatic heterocycles. The number of ether oxygens (including phenoxy) is 1. The van der Waals surface area contributed by atoms with Crippen molar-refractivity contribution in [1.82, 2.24) is 0 Å². The molecule has 1 aromatic carbocycles. The van der Waals surface area contributed by atoms with Gasteiger partial charge in [-0.25, -0.2) is 0 Å². The van der Waals surface area contributed by atoms with E-state index in [-0.39, 0.29) is 12.5 Å². The van der Waals surface area contributed by atoms with Gasteiger partial charge in [0.15, 0.2) is 6.61 Å². The summed E-state index contributed by atoms with van der Waals surface area (Å²) in [5.74, 6) is 1.27. The van der Waals surface area contributed by atoms with Gasteiger partial charge in [-0.15, -0.1) is 0 Å². The highest BCUT2D eigenvalue weighted by Gasteiger charge is 2.20. The molecule has 1 heterocycles. The zero-order valence-corrected chi connectivity index (χ0v) is 10.2. The molecule has 0 radical (unpaired) electrons. The summed E-state index contributed by atoms with van der Waals surface area (Å²) in [5.41, 5.74) is 8.18. The molecular weight excluding hydrogens is 230 g/mol. The predicted molar refractivity (Wildman–Crippen MR) is 70.8 cm³/mol. The fourth-order valence-corrected chi connectivity index (χ4v) is 2.25. The fourth-order valence-electron chi connectivity index (χ4n) is 2.25. The standard InChI is InChI=1S/C13H17N3O2/c14-9-4-12-11(16-13(17)7-18-12)5-10(9)15-6-8-2-1-3-8/h4-5,8,15H,1-3,6-7,14H2,(H,16,17). The normalized spacial score (nSPS) is 18.3. The van der Waals surface area contributed by atoms with E-state index in [1.165, 1.54) is 19.3 Å². The number of nitrogens with one attached hydrogen (secondary N) is 2. The summed E-state index contributed by atoms with van der Waals surface area (Å²) in [7, 11) is 0. The SMILES string of the molecule is Nc1cc2c(cc1NCC1CCC1)NC(=O)CO2. The number of nitrogen functional groups attached to an aromatic ring is 1. The van der Waals surface area contributed by atoms with E-state index in [2.05, 4.69) is 10.6 Å². The molecule has 5 heteroatoms. The Labute approximate surface area is 106 Å². The topological polar surface area (TPSA) is 76.4 Å². The molecule has 4 N–H and O–H groups in total. The van der Waals surface area contributed by atoms with Crippen molar-refractivity contribution in [3.63, 3.8) is 0 Å². The number of carbonyl (C=O) groups excluding carboxylic acids is 1.